The zero-order chi connectivity index (χ0) is 18.1. The second-order valence-corrected chi connectivity index (χ2v) is 6.16. The maximum absolute atomic E-state index is 11.9. The molecule has 1 heterocycles. The number of nitrogens with one attached hydrogen (secondary N) is 1. The number of amides is 1. The minimum Gasteiger partial charge on any atom is -0.422 e. The summed E-state index contributed by atoms with van der Waals surface area (Å²) in [5.41, 5.74) is 0.720. The Labute approximate surface area is 150 Å². The van der Waals surface area contributed by atoms with Crippen LogP contribution in [0.1, 0.15) is 35.0 Å². The van der Waals surface area contributed by atoms with Gasteiger partial charge in [-0.05, 0) is 41.6 Å². The molecule has 5 nitrogen and oxygen atoms in total. The number of rotatable bonds is 7. The molecule has 1 aromatic carbocycles. The van der Waals surface area contributed by atoms with Crippen molar-refractivity contribution in [2.45, 2.75) is 19.8 Å². The maximum atomic E-state index is 11.9. The van der Waals surface area contributed by atoms with Gasteiger partial charge in [-0.1, -0.05) is 31.5 Å². The Morgan fingerprint density at radius 3 is 2.64 bits per heavy atom. The van der Waals surface area contributed by atoms with Crippen LogP contribution in [0.25, 0.3) is 6.08 Å². The lowest BCUT2D eigenvalue weighted by Crippen LogP contribution is -2.25. The number of benzene rings is 1. The van der Waals surface area contributed by atoms with Gasteiger partial charge in [0.25, 0.3) is 5.91 Å². The number of nitriles is 1. The normalized spacial score (nSPS) is 10.8. The molecule has 6 heteroatoms. The highest BCUT2D eigenvalue weighted by Crippen LogP contribution is 2.18. The largest absolute Gasteiger partial charge is 0.422 e. The molecule has 0 spiro atoms. The van der Waals surface area contributed by atoms with Crippen molar-refractivity contribution in [2.24, 2.45) is 0 Å². The summed E-state index contributed by atoms with van der Waals surface area (Å²) in [6.45, 7) is 2.58. The third-order valence-electron chi connectivity index (χ3n) is 3.30. The first-order valence-corrected chi connectivity index (χ1v) is 8.77. The molecule has 1 aromatic heterocycles. The number of carbonyl (C=O) groups is 2. The number of unbranched alkanes of at least 4 members (excludes halogenated alkanes) is 1. The second kappa shape index (κ2) is 9.40. The van der Waals surface area contributed by atoms with E-state index in [1.54, 1.807) is 41.8 Å². The molecule has 0 atom stereocenters. The number of ether oxygens (including phenoxy) is 1. The van der Waals surface area contributed by atoms with Gasteiger partial charge >= 0.3 is 5.97 Å². The van der Waals surface area contributed by atoms with Crippen LogP contribution in [-0.2, 0) is 4.79 Å². The van der Waals surface area contributed by atoms with Crippen LogP contribution in [-0.4, -0.2) is 18.4 Å². The Morgan fingerprint density at radius 2 is 2.04 bits per heavy atom. The third-order valence-corrected chi connectivity index (χ3v) is 4.15. The van der Waals surface area contributed by atoms with Gasteiger partial charge in [-0.3, -0.25) is 4.79 Å². The first-order chi connectivity index (χ1) is 12.1. The average molecular weight is 354 g/mol. The predicted molar refractivity (Wildman–Crippen MR) is 97.2 cm³/mol. The summed E-state index contributed by atoms with van der Waals surface area (Å²) in [7, 11) is 0. The van der Waals surface area contributed by atoms with Gasteiger partial charge in [-0.15, -0.1) is 11.3 Å². The molecule has 0 aliphatic rings. The van der Waals surface area contributed by atoms with E-state index in [9.17, 15) is 9.59 Å². The lowest BCUT2D eigenvalue weighted by Gasteiger charge is -2.04. The van der Waals surface area contributed by atoms with E-state index in [2.05, 4.69) is 5.32 Å². The van der Waals surface area contributed by atoms with Crippen molar-refractivity contribution in [1.29, 1.82) is 5.26 Å². The van der Waals surface area contributed by atoms with E-state index in [1.165, 1.54) is 17.4 Å². The van der Waals surface area contributed by atoms with E-state index in [-0.39, 0.29) is 11.5 Å². The highest BCUT2D eigenvalue weighted by Gasteiger charge is 2.10. The number of nitrogens with zero attached hydrogens (tertiary/aromatic N) is 1. The molecule has 0 saturated carbocycles. The molecular formula is C19H18N2O3S. The second-order valence-electron chi connectivity index (χ2n) is 5.22. The Morgan fingerprint density at radius 1 is 1.28 bits per heavy atom. The number of hydrogen-bond acceptors (Lipinski definition) is 5. The molecule has 0 radical (unpaired) electrons. The highest BCUT2D eigenvalue weighted by atomic mass is 32.1. The van der Waals surface area contributed by atoms with E-state index >= 15 is 0 Å². The minimum atomic E-state index is -0.411. The summed E-state index contributed by atoms with van der Waals surface area (Å²) < 4.78 is 5.26. The summed E-state index contributed by atoms with van der Waals surface area (Å²) in [5, 5.41) is 13.7. The molecule has 2 rings (SSSR count). The van der Waals surface area contributed by atoms with Crippen LogP contribution in [0.2, 0.25) is 0 Å². The number of carbonyl (C=O) groups excluding carboxylic acids is 2. The van der Waals surface area contributed by atoms with Gasteiger partial charge in [0.05, 0.1) is 0 Å². The zero-order valence-corrected chi connectivity index (χ0v) is 14.6. The van der Waals surface area contributed by atoms with Crippen LogP contribution in [0.15, 0.2) is 47.4 Å². The van der Waals surface area contributed by atoms with Crippen molar-refractivity contribution in [3.05, 3.63) is 57.8 Å². The summed E-state index contributed by atoms with van der Waals surface area (Å²) in [6.07, 6.45) is 3.35. The van der Waals surface area contributed by atoms with Crippen molar-refractivity contribution in [3.8, 4) is 11.8 Å². The molecule has 0 fully saturated rings. The summed E-state index contributed by atoms with van der Waals surface area (Å²) in [6, 6.07) is 12.0. The van der Waals surface area contributed by atoms with Crippen LogP contribution in [0.5, 0.6) is 5.75 Å². The van der Waals surface area contributed by atoms with Crippen LogP contribution < -0.4 is 10.1 Å². The molecule has 0 bridgehead atoms. The van der Waals surface area contributed by atoms with Crippen molar-refractivity contribution in [2.75, 3.05) is 6.54 Å². The quantitative estimate of drug-likeness (QED) is 0.270. The van der Waals surface area contributed by atoms with Crippen LogP contribution in [0.4, 0.5) is 0 Å². The van der Waals surface area contributed by atoms with E-state index in [0.29, 0.717) is 22.7 Å². The maximum Gasteiger partial charge on any atom is 0.353 e. The first-order valence-electron chi connectivity index (χ1n) is 7.89. The molecule has 1 N–H and O–H groups in total. The lowest BCUT2D eigenvalue weighted by atomic mass is 10.1. The zero-order valence-electron chi connectivity index (χ0n) is 13.8. The number of esters is 1. The predicted octanol–water partition coefficient (Wildman–Crippen LogP) is 3.79. The fourth-order valence-corrected chi connectivity index (χ4v) is 2.57. The van der Waals surface area contributed by atoms with Crippen LogP contribution in [0, 0.1) is 11.3 Å². The van der Waals surface area contributed by atoms with E-state index in [4.69, 9.17) is 10.00 Å². The monoisotopic (exact) mass is 354 g/mol. The van der Waals surface area contributed by atoms with Gasteiger partial charge in [-0.25, -0.2) is 4.79 Å². The minimum absolute atomic E-state index is 0.0411. The SMILES string of the molecule is CCCCNC(=O)/C(C#N)=C/c1ccc(OC(=O)c2cccs2)cc1. The molecule has 25 heavy (non-hydrogen) atoms. The Kier molecular flexibility index (Phi) is 6.93. The lowest BCUT2D eigenvalue weighted by molar-refractivity contribution is -0.117. The first kappa shape index (κ1) is 18.4. The van der Waals surface area contributed by atoms with Gasteiger partial charge in [0, 0.05) is 6.54 Å². The average Bonchev–Trinajstić information content (AvgIpc) is 3.16. The molecule has 2 aromatic rings. The van der Waals surface area contributed by atoms with Gasteiger partial charge in [0.1, 0.15) is 22.3 Å². The number of thiophene rings is 1. The smallest absolute Gasteiger partial charge is 0.353 e. The molecule has 0 saturated heterocycles. The molecule has 128 valence electrons. The van der Waals surface area contributed by atoms with E-state index < -0.39 is 5.97 Å². The molecule has 0 aliphatic carbocycles. The van der Waals surface area contributed by atoms with Crippen molar-refractivity contribution >= 4 is 29.3 Å². The topological polar surface area (TPSA) is 79.2 Å². The molecule has 0 aliphatic heterocycles. The van der Waals surface area contributed by atoms with E-state index in [1.807, 2.05) is 13.0 Å². The summed E-state index contributed by atoms with van der Waals surface area (Å²) in [5.74, 6) is -0.392. The van der Waals surface area contributed by atoms with Crippen molar-refractivity contribution < 1.29 is 14.3 Å². The fourth-order valence-electron chi connectivity index (χ4n) is 1.97. The molecule has 1 amide bonds. The van der Waals surface area contributed by atoms with Crippen LogP contribution >= 0.6 is 11.3 Å². The Bertz CT molecular complexity index is 787. The van der Waals surface area contributed by atoms with Crippen LogP contribution in [0.3, 0.4) is 0 Å². The summed E-state index contributed by atoms with van der Waals surface area (Å²) >= 11 is 1.31. The Balaban J connectivity index is 2.01. The fraction of sp³-hybridized carbons (Fsp3) is 0.211. The van der Waals surface area contributed by atoms with Crippen molar-refractivity contribution in [1.82, 2.24) is 5.32 Å². The van der Waals surface area contributed by atoms with Gasteiger partial charge in [-0.2, -0.15) is 5.26 Å². The van der Waals surface area contributed by atoms with Gasteiger partial charge < -0.3 is 10.1 Å². The molecular weight excluding hydrogens is 336 g/mol. The van der Waals surface area contributed by atoms with E-state index in [0.717, 1.165) is 12.8 Å². The molecule has 0 unspecified atom stereocenters. The standard InChI is InChI=1S/C19H18N2O3S/c1-2-3-10-21-18(22)15(13-20)12-14-6-8-16(9-7-14)24-19(23)17-5-4-11-25-17/h4-9,11-12H,2-3,10H2,1H3,(H,21,22)/b15-12+. The van der Waals surface area contributed by atoms with Gasteiger partial charge in [0.15, 0.2) is 0 Å². The summed E-state index contributed by atoms with van der Waals surface area (Å²) in [4.78, 5) is 24.3. The third kappa shape index (κ3) is 5.59. The van der Waals surface area contributed by atoms with Crippen molar-refractivity contribution in [3.63, 3.8) is 0 Å². The Hall–Kier alpha value is -2.91. The van der Waals surface area contributed by atoms with Gasteiger partial charge in [0.2, 0.25) is 0 Å². The highest BCUT2D eigenvalue weighted by molar-refractivity contribution is 7.12. The number of hydrogen-bond donors (Lipinski definition) is 1.